The van der Waals surface area contributed by atoms with E-state index in [0.717, 1.165) is 31.9 Å². The van der Waals surface area contributed by atoms with E-state index < -0.39 is 5.82 Å². The molecule has 0 saturated carbocycles. The number of hydrogen-bond acceptors (Lipinski definition) is 4. The molecule has 1 fully saturated rings. The molecule has 1 aliphatic heterocycles. The quantitative estimate of drug-likeness (QED) is 0.728. The van der Waals surface area contributed by atoms with E-state index >= 15 is 0 Å². The van der Waals surface area contributed by atoms with Crippen molar-refractivity contribution in [3.8, 4) is 0 Å². The molecule has 2 aromatic carbocycles. The highest BCUT2D eigenvalue weighted by Gasteiger charge is 2.19. The van der Waals surface area contributed by atoms with Gasteiger partial charge in [0.2, 0.25) is 0 Å². The smallest absolute Gasteiger partial charge is 0.257 e. The molecule has 1 amide bonds. The molecule has 0 radical (unpaired) electrons. The minimum absolute atomic E-state index is 0.162. The maximum atomic E-state index is 13.8. The van der Waals surface area contributed by atoms with E-state index in [1.165, 1.54) is 29.6 Å². The molecule has 0 spiro atoms. The van der Waals surface area contributed by atoms with Gasteiger partial charge in [-0.1, -0.05) is 24.3 Å². The van der Waals surface area contributed by atoms with Crippen LogP contribution >= 0.6 is 0 Å². The van der Waals surface area contributed by atoms with Crippen molar-refractivity contribution in [1.29, 1.82) is 0 Å². The summed E-state index contributed by atoms with van der Waals surface area (Å²) in [4.78, 5) is 21.3. The Morgan fingerprint density at radius 1 is 0.931 bits per heavy atom. The molecule has 0 aliphatic carbocycles. The molecule has 0 bridgehead atoms. The minimum atomic E-state index is -0.461. The summed E-state index contributed by atoms with van der Waals surface area (Å²) in [5.41, 5.74) is 3.96. The number of para-hydroxylation sites is 1. The SMILES string of the molecule is Cc1cccc(N2CCN(c3cncc(C(=O)Nc4ccccc4F)c3)CC2)c1. The highest BCUT2D eigenvalue weighted by Crippen LogP contribution is 2.22. The Balaban J connectivity index is 1.43. The average molecular weight is 390 g/mol. The number of amides is 1. The Bertz CT molecular complexity index is 1020. The van der Waals surface area contributed by atoms with Crippen LogP contribution in [0.3, 0.4) is 0 Å². The molecule has 1 N–H and O–H groups in total. The lowest BCUT2D eigenvalue weighted by molar-refractivity contribution is 0.102. The lowest BCUT2D eigenvalue weighted by atomic mass is 10.1. The number of aryl methyl sites for hydroxylation is 1. The summed E-state index contributed by atoms with van der Waals surface area (Å²) in [6.45, 7) is 5.58. The van der Waals surface area contributed by atoms with Crippen molar-refractivity contribution in [1.82, 2.24) is 4.98 Å². The van der Waals surface area contributed by atoms with Crippen molar-refractivity contribution < 1.29 is 9.18 Å². The molecule has 0 atom stereocenters. The number of hydrogen-bond donors (Lipinski definition) is 1. The van der Waals surface area contributed by atoms with Gasteiger partial charge in [0.25, 0.3) is 5.91 Å². The number of carbonyl (C=O) groups is 1. The molecular formula is C23H23FN4O. The highest BCUT2D eigenvalue weighted by atomic mass is 19.1. The summed E-state index contributed by atoms with van der Waals surface area (Å²) in [6, 6.07) is 16.5. The monoisotopic (exact) mass is 390 g/mol. The Morgan fingerprint density at radius 2 is 1.66 bits per heavy atom. The van der Waals surface area contributed by atoms with E-state index in [-0.39, 0.29) is 11.6 Å². The number of pyridine rings is 1. The fourth-order valence-electron chi connectivity index (χ4n) is 3.53. The molecule has 6 heteroatoms. The van der Waals surface area contributed by atoms with Crippen molar-refractivity contribution in [2.24, 2.45) is 0 Å². The van der Waals surface area contributed by atoms with Crippen LogP contribution in [0.25, 0.3) is 0 Å². The van der Waals surface area contributed by atoms with Gasteiger partial charge in [-0.2, -0.15) is 0 Å². The van der Waals surface area contributed by atoms with Gasteiger partial charge in [0.1, 0.15) is 5.82 Å². The Hall–Kier alpha value is -3.41. The highest BCUT2D eigenvalue weighted by molar-refractivity contribution is 6.04. The maximum Gasteiger partial charge on any atom is 0.257 e. The van der Waals surface area contributed by atoms with E-state index in [4.69, 9.17) is 0 Å². The van der Waals surface area contributed by atoms with E-state index in [9.17, 15) is 9.18 Å². The van der Waals surface area contributed by atoms with Crippen molar-refractivity contribution in [2.45, 2.75) is 6.92 Å². The van der Waals surface area contributed by atoms with Gasteiger partial charge in [-0.15, -0.1) is 0 Å². The molecule has 1 aliphatic rings. The molecular weight excluding hydrogens is 367 g/mol. The summed E-state index contributed by atoms with van der Waals surface area (Å²) in [5, 5.41) is 2.61. The van der Waals surface area contributed by atoms with Crippen LogP contribution in [-0.2, 0) is 0 Å². The minimum Gasteiger partial charge on any atom is -0.368 e. The molecule has 29 heavy (non-hydrogen) atoms. The summed E-state index contributed by atoms with van der Waals surface area (Å²) in [5.74, 6) is -0.833. The fourth-order valence-corrected chi connectivity index (χ4v) is 3.53. The third-order valence-corrected chi connectivity index (χ3v) is 5.12. The fraction of sp³-hybridized carbons (Fsp3) is 0.217. The topological polar surface area (TPSA) is 48.5 Å². The predicted octanol–water partition coefficient (Wildman–Crippen LogP) is 4.11. The third-order valence-electron chi connectivity index (χ3n) is 5.12. The summed E-state index contributed by atoms with van der Waals surface area (Å²) in [7, 11) is 0. The van der Waals surface area contributed by atoms with Crippen LogP contribution in [-0.4, -0.2) is 37.1 Å². The first-order valence-electron chi connectivity index (χ1n) is 9.68. The zero-order valence-corrected chi connectivity index (χ0v) is 16.3. The lowest BCUT2D eigenvalue weighted by Crippen LogP contribution is -2.46. The van der Waals surface area contributed by atoms with Crippen LogP contribution < -0.4 is 15.1 Å². The number of rotatable bonds is 4. The van der Waals surface area contributed by atoms with Gasteiger partial charge in [0.15, 0.2) is 0 Å². The Labute approximate surface area is 169 Å². The van der Waals surface area contributed by atoms with Crippen LogP contribution in [0.1, 0.15) is 15.9 Å². The molecule has 3 aromatic rings. The lowest BCUT2D eigenvalue weighted by Gasteiger charge is -2.37. The molecule has 0 unspecified atom stereocenters. The number of nitrogens with zero attached hydrogens (tertiary/aromatic N) is 3. The average Bonchev–Trinajstić information content (AvgIpc) is 2.75. The molecule has 5 nitrogen and oxygen atoms in total. The van der Waals surface area contributed by atoms with Gasteiger partial charge in [-0.3, -0.25) is 9.78 Å². The van der Waals surface area contributed by atoms with Crippen LogP contribution in [0.4, 0.5) is 21.5 Å². The van der Waals surface area contributed by atoms with Crippen LogP contribution in [0, 0.1) is 12.7 Å². The van der Waals surface area contributed by atoms with Gasteiger partial charge >= 0.3 is 0 Å². The van der Waals surface area contributed by atoms with Gasteiger partial charge < -0.3 is 15.1 Å². The van der Waals surface area contributed by atoms with Gasteiger partial charge in [0.05, 0.1) is 23.1 Å². The summed E-state index contributed by atoms with van der Waals surface area (Å²) in [6.07, 6.45) is 3.27. The third kappa shape index (κ3) is 4.37. The largest absolute Gasteiger partial charge is 0.368 e. The zero-order chi connectivity index (χ0) is 20.2. The van der Waals surface area contributed by atoms with Crippen molar-refractivity contribution in [2.75, 3.05) is 41.3 Å². The first-order chi connectivity index (χ1) is 14.1. The van der Waals surface area contributed by atoms with Crippen LogP contribution in [0.15, 0.2) is 67.0 Å². The van der Waals surface area contributed by atoms with Gasteiger partial charge in [-0.05, 0) is 42.8 Å². The number of aromatic nitrogens is 1. The standard InChI is InChI=1S/C23H23FN4O/c1-17-5-4-6-19(13-17)27-9-11-28(12-10-27)20-14-18(15-25-16-20)23(29)26-22-8-3-2-7-21(22)24/h2-8,13-16H,9-12H2,1H3,(H,26,29). The van der Waals surface area contributed by atoms with Crippen molar-refractivity contribution in [3.63, 3.8) is 0 Å². The second-order valence-corrected chi connectivity index (χ2v) is 7.18. The maximum absolute atomic E-state index is 13.8. The number of carbonyl (C=O) groups excluding carboxylic acids is 1. The zero-order valence-electron chi connectivity index (χ0n) is 16.3. The molecule has 2 heterocycles. The molecule has 148 valence electrons. The Morgan fingerprint density at radius 3 is 2.38 bits per heavy atom. The summed E-state index contributed by atoms with van der Waals surface area (Å²) >= 11 is 0. The molecule has 4 rings (SSSR count). The second kappa shape index (κ2) is 8.31. The van der Waals surface area contributed by atoms with Gasteiger partial charge in [0, 0.05) is 38.1 Å². The number of anilines is 3. The van der Waals surface area contributed by atoms with E-state index in [1.54, 1.807) is 18.3 Å². The van der Waals surface area contributed by atoms with Crippen LogP contribution in [0.5, 0.6) is 0 Å². The van der Waals surface area contributed by atoms with E-state index in [0.29, 0.717) is 5.56 Å². The number of nitrogens with one attached hydrogen (secondary N) is 1. The van der Waals surface area contributed by atoms with Crippen LogP contribution in [0.2, 0.25) is 0 Å². The van der Waals surface area contributed by atoms with Gasteiger partial charge in [-0.25, -0.2) is 4.39 Å². The predicted molar refractivity (Wildman–Crippen MR) is 114 cm³/mol. The first-order valence-corrected chi connectivity index (χ1v) is 9.68. The summed E-state index contributed by atoms with van der Waals surface area (Å²) < 4.78 is 13.8. The van der Waals surface area contributed by atoms with E-state index in [1.807, 2.05) is 6.07 Å². The van der Waals surface area contributed by atoms with Crippen molar-refractivity contribution >= 4 is 23.0 Å². The normalized spacial score (nSPS) is 14.0. The number of benzene rings is 2. The molecule has 1 saturated heterocycles. The second-order valence-electron chi connectivity index (χ2n) is 7.18. The Kier molecular flexibility index (Phi) is 5.42. The number of halogens is 1. The van der Waals surface area contributed by atoms with E-state index in [2.05, 4.69) is 51.3 Å². The van der Waals surface area contributed by atoms with Crippen molar-refractivity contribution in [3.05, 3.63) is 83.9 Å². The first kappa shape index (κ1) is 18.9. The molecule has 1 aromatic heterocycles. The number of piperazine rings is 1.